The van der Waals surface area contributed by atoms with Crippen LogP contribution in [0.2, 0.25) is 0 Å². The SMILES string of the molecule is CC(=O)C1CCCN(c2ccccc2S(=O)(=O)N(C)C)C1. The molecule has 1 atom stereocenters. The van der Waals surface area contributed by atoms with E-state index < -0.39 is 10.0 Å². The van der Waals surface area contributed by atoms with Gasteiger partial charge >= 0.3 is 0 Å². The van der Waals surface area contributed by atoms with E-state index in [9.17, 15) is 13.2 Å². The molecule has 1 unspecified atom stereocenters. The van der Waals surface area contributed by atoms with Crippen LogP contribution in [-0.4, -0.2) is 45.7 Å². The molecule has 0 amide bonds. The van der Waals surface area contributed by atoms with Crippen LogP contribution in [-0.2, 0) is 14.8 Å². The number of benzene rings is 1. The summed E-state index contributed by atoms with van der Waals surface area (Å²) < 4.78 is 26.1. The van der Waals surface area contributed by atoms with Crippen LogP contribution in [0.25, 0.3) is 0 Å². The standard InChI is InChI=1S/C15H22N2O3S/c1-12(18)13-7-6-10-17(11-13)14-8-4-5-9-15(14)21(19,20)16(2)3/h4-5,8-9,13H,6-7,10-11H2,1-3H3. The van der Waals surface area contributed by atoms with Crippen molar-refractivity contribution >= 4 is 21.5 Å². The molecule has 0 aromatic heterocycles. The lowest BCUT2D eigenvalue weighted by molar-refractivity contribution is -0.120. The zero-order valence-electron chi connectivity index (χ0n) is 12.7. The summed E-state index contributed by atoms with van der Waals surface area (Å²) in [7, 11) is -0.431. The number of hydrogen-bond acceptors (Lipinski definition) is 4. The van der Waals surface area contributed by atoms with Gasteiger partial charge in [0.25, 0.3) is 0 Å². The van der Waals surface area contributed by atoms with E-state index >= 15 is 0 Å². The molecule has 21 heavy (non-hydrogen) atoms. The Hall–Kier alpha value is -1.40. The molecule has 1 aromatic rings. The summed E-state index contributed by atoms with van der Waals surface area (Å²) >= 11 is 0. The lowest BCUT2D eigenvalue weighted by Crippen LogP contribution is -2.39. The molecule has 0 N–H and O–H groups in total. The molecule has 0 bridgehead atoms. The van der Waals surface area contributed by atoms with Crippen molar-refractivity contribution < 1.29 is 13.2 Å². The first-order valence-corrected chi connectivity index (χ1v) is 8.55. The first kappa shape index (κ1) is 16.0. The number of rotatable bonds is 4. The molecular weight excluding hydrogens is 288 g/mol. The second-order valence-electron chi connectivity index (χ2n) is 5.65. The largest absolute Gasteiger partial charge is 0.370 e. The van der Waals surface area contributed by atoms with E-state index in [0.717, 1.165) is 19.4 Å². The van der Waals surface area contributed by atoms with Gasteiger partial charge in [-0.25, -0.2) is 12.7 Å². The molecule has 1 aliphatic rings. The van der Waals surface area contributed by atoms with E-state index in [-0.39, 0.29) is 11.7 Å². The van der Waals surface area contributed by atoms with Crippen LogP contribution >= 0.6 is 0 Å². The van der Waals surface area contributed by atoms with E-state index in [1.165, 1.54) is 18.4 Å². The minimum absolute atomic E-state index is 0.00568. The second kappa shape index (κ2) is 6.15. The average Bonchev–Trinajstić information content (AvgIpc) is 2.47. The van der Waals surface area contributed by atoms with E-state index in [2.05, 4.69) is 0 Å². The van der Waals surface area contributed by atoms with Gasteiger partial charge in [0, 0.05) is 33.1 Å². The maximum atomic E-state index is 12.4. The Kier molecular flexibility index (Phi) is 4.68. The van der Waals surface area contributed by atoms with Gasteiger partial charge in [0.2, 0.25) is 10.0 Å². The third-order valence-corrected chi connectivity index (χ3v) is 5.82. The molecule has 1 aromatic carbocycles. The number of nitrogens with zero attached hydrogens (tertiary/aromatic N) is 2. The van der Waals surface area contributed by atoms with Gasteiger partial charge in [0.15, 0.2) is 0 Å². The second-order valence-corrected chi connectivity index (χ2v) is 7.77. The molecule has 5 nitrogen and oxygen atoms in total. The third-order valence-electron chi connectivity index (χ3n) is 3.96. The highest BCUT2D eigenvalue weighted by molar-refractivity contribution is 7.89. The highest BCUT2D eigenvalue weighted by atomic mass is 32.2. The van der Waals surface area contributed by atoms with Crippen molar-refractivity contribution in [1.29, 1.82) is 0 Å². The van der Waals surface area contributed by atoms with Gasteiger partial charge in [0.1, 0.15) is 10.7 Å². The summed E-state index contributed by atoms with van der Waals surface area (Å²) in [5.41, 5.74) is 0.692. The molecule has 0 spiro atoms. The maximum absolute atomic E-state index is 12.4. The molecule has 6 heteroatoms. The summed E-state index contributed by atoms with van der Waals surface area (Å²) in [5.74, 6) is 0.168. The van der Waals surface area contributed by atoms with Crippen LogP contribution in [0.4, 0.5) is 5.69 Å². The fourth-order valence-corrected chi connectivity index (χ4v) is 3.77. The number of ketones is 1. The minimum atomic E-state index is -3.49. The summed E-state index contributed by atoms with van der Waals surface area (Å²) in [6.45, 7) is 2.98. The summed E-state index contributed by atoms with van der Waals surface area (Å²) in [5, 5.41) is 0. The molecule has 1 aliphatic heterocycles. The number of Topliss-reactive ketones (excluding diaryl/α,β-unsaturated/α-hetero) is 1. The highest BCUT2D eigenvalue weighted by Crippen LogP contribution is 2.30. The van der Waals surface area contributed by atoms with E-state index in [0.29, 0.717) is 17.1 Å². The summed E-state index contributed by atoms with van der Waals surface area (Å²) in [4.78, 5) is 13.9. The van der Waals surface area contributed by atoms with E-state index in [1.54, 1.807) is 19.1 Å². The number of hydrogen-bond donors (Lipinski definition) is 0. The Morgan fingerprint density at radius 1 is 1.29 bits per heavy atom. The normalized spacial score (nSPS) is 19.8. The van der Waals surface area contributed by atoms with Crippen molar-refractivity contribution in [3.05, 3.63) is 24.3 Å². The van der Waals surface area contributed by atoms with Crippen LogP contribution in [0, 0.1) is 5.92 Å². The lowest BCUT2D eigenvalue weighted by Gasteiger charge is -2.34. The Balaban J connectivity index is 2.39. The van der Waals surface area contributed by atoms with Crippen LogP contribution in [0.3, 0.4) is 0 Å². The molecule has 2 rings (SSSR count). The minimum Gasteiger partial charge on any atom is -0.370 e. The van der Waals surface area contributed by atoms with Gasteiger partial charge in [0.05, 0.1) is 5.69 Å². The third kappa shape index (κ3) is 3.27. The Morgan fingerprint density at radius 2 is 1.95 bits per heavy atom. The van der Waals surface area contributed by atoms with Crippen molar-refractivity contribution in [3.63, 3.8) is 0 Å². The molecule has 0 saturated carbocycles. The number of carbonyl (C=O) groups excluding carboxylic acids is 1. The molecular formula is C15H22N2O3S. The van der Waals surface area contributed by atoms with Gasteiger partial charge in [-0.05, 0) is 31.9 Å². The molecule has 1 heterocycles. The number of sulfonamides is 1. The number of piperidine rings is 1. The lowest BCUT2D eigenvalue weighted by atomic mass is 9.94. The van der Waals surface area contributed by atoms with Crippen LogP contribution in [0.1, 0.15) is 19.8 Å². The summed E-state index contributed by atoms with van der Waals surface area (Å²) in [6, 6.07) is 7.01. The number of anilines is 1. The van der Waals surface area contributed by atoms with Gasteiger partial charge in [-0.3, -0.25) is 4.79 Å². The zero-order chi connectivity index (χ0) is 15.6. The first-order chi connectivity index (χ1) is 9.84. The van der Waals surface area contributed by atoms with Crippen LogP contribution in [0.15, 0.2) is 29.2 Å². The maximum Gasteiger partial charge on any atom is 0.244 e. The predicted octanol–water partition coefficient (Wildman–Crippen LogP) is 1.74. The number of para-hydroxylation sites is 1. The highest BCUT2D eigenvalue weighted by Gasteiger charge is 2.28. The van der Waals surface area contributed by atoms with Crippen molar-refractivity contribution in [2.24, 2.45) is 5.92 Å². The van der Waals surface area contributed by atoms with Crippen molar-refractivity contribution in [3.8, 4) is 0 Å². The van der Waals surface area contributed by atoms with E-state index in [4.69, 9.17) is 0 Å². The monoisotopic (exact) mass is 310 g/mol. The summed E-state index contributed by atoms with van der Waals surface area (Å²) in [6.07, 6.45) is 1.79. The van der Waals surface area contributed by atoms with Gasteiger partial charge < -0.3 is 4.90 Å². The Bertz CT molecular complexity index is 626. The Labute approximate surface area is 126 Å². The van der Waals surface area contributed by atoms with Gasteiger partial charge in [-0.1, -0.05) is 12.1 Å². The predicted molar refractivity (Wildman–Crippen MR) is 82.9 cm³/mol. The quantitative estimate of drug-likeness (QED) is 0.850. The van der Waals surface area contributed by atoms with E-state index in [1.807, 2.05) is 17.0 Å². The fourth-order valence-electron chi connectivity index (χ4n) is 2.66. The molecule has 0 aliphatic carbocycles. The van der Waals surface area contributed by atoms with Crippen LogP contribution < -0.4 is 4.90 Å². The van der Waals surface area contributed by atoms with Crippen molar-refractivity contribution in [2.45, 2.75) is 24.7 Å². The zero-order valence-corrected chi connectivity index (χ0v) is 13.6. The molecule has 0 radical (unpaired) electrons. The topological polar surface area (TPSA) is 57.7 Å². The molecule has 1 fully saturated rings. The average molecular weight is 310 g/mol. The first-order valence-electron chi connectivity index (χ1n) is 7.11. The Morgan fingerprint density at radius 3 is 2.57 bits per heavy atom. The molecule has 116 valence electrons. The fraction of sp³-hybridized carbons (Fsp3) is 0.533. The van der Waals surface area contributed by atoms with Gasteiger partial charge in [-0.2, -0.15) is 0 Å². The van der Waals surface area contributed by atoms with Crippen molar-refractivity contribution in [2.75, 3.05) is 32.1 Å². The van der Waals surface area contributed by atoms with Crippen molar-refractivity contribution in [1.82, 2.24) is 4.31 Å². The van der Waals surface area contributed by atoms with Gasteiger partial charge in [-0.15, -0.1) is 0 Å². The smallest absolute Gasteiger partial charge is 0.244 e. The van der Waals surface area contributed by atoms with Crippen LogP contribution in [0.5, 0.6) is 0 Å². The number of carbonyl (C=O) groups is 1. The molecule has 1 saturated heterocycles.